The van der Waals surface area contributed by atoms with Crippen molar-refractivity contribution < 1.29 is 13.2 Å². The van der Waals surface area contributed by atoms with E-state index in [4.69, 9.17) is 0 Å². The molecule has 1 aliphatic heterocycles. The number of aryl methyl sites for hydroxylation is 1. The molecule has 0 saturated carbocycles. The lowest BCUT2D eigenvalue weighted by molar-refractivity contribution is -0.116. The van der Waals surface area contributed by atoms with Crippen LogP contribution in [-0.2, 0) is 21.1 Å². The van der Waals surface area contributed by atoms with E-state index in [2.05, 4.69) is 5.32 Å². The molecule has 0 fully saturated rings. The summed E-state index contributed by atoms with van der Waals surface area (Å²) in [5, 5.41) is 2.77. The quantitative estimate of drug-likeness (QED) is 0.805. The normalized spacial score (nSPS) is 16.2. The van der Waals surface area contributed by atoms with Gasteiger partial charge in [-0.3, -0.25) is 4.79 Å². The van der Waals surface area contributed by atoms with Crippen LogP contribution in [0.2, 0.25) is 0 Å². The summed E-state index contributed by atoms with van der Waals surface area (Å²) in [6.07, 6.45) is 3.16. The third-order valence-corrected chi connectivity index (χ3v) is 3.74. The molecule has 1 amide bonds. The van der Waals surface area contributed by atoms with Crippen LogP contribution in [0.25, 0.3) is 0 Å². The standard InChI is InChI=1S/C11H13NO3S/c1-16(14,15)9-5-6-10-8(7-9)3-2-4-11(13)12-10/h5-7H,2-4H2,1H3,(H,12,13). The molecule has 1 aromatic carbocycles. The number of nitrogens with one attached hydrogen (secondary N) is 1. The number of carbonyl (C=O) groups is 1. The van der Waals surface area contributed by atoms with Crippen LogP contribution in [-0.4, -0.2) is 20.6 Å². The molecular weight excluding hydrogens is 226 g/mol. The number of benzene rings is 1. The smallest absolute Gasteiger partial charge is 0.224 e. The Labute approximate surface area is 94.6 Å². The topological polar surface area (TPSA) is 63.2 Å². The summed E-state index contributed by atoms with van der Waals surface area (Å²) in [7, 11) is -3.17. The monoisotopic (exact) mass is 239 g/mol. The second-order valence-corrected chi connectivity index (χ2v) is 6.01. The molecule has 1 aromatic rings. The Hall–Kier alpha value is -1.36. The van der Waals surface area contributed by atoms with Gasteiger partial charge in [0.15, 0.2) is 9.84 Å². The van der Waals surface area contributed by atoms with Gasteiger partial charge in [0.05, 0.1) is 4.90 Å². The van der Waals surface area contributed by atoms with Crippen LogP contribution >= 0.6 is 0 Å². The van der Waals surface area contributed by atoms with E-state index in [0.29, 0.717) is 11.3 Å². The highest BCUT2D eigenvalue weighted by molar-refractivity contribution is 7.90. The Morgan fingerprint density at radius 1 is 1.25 bits per heavy atom. The molecule has 86 valence electrons. The first-order valence-corrected chi connectivity index (χ1v) is 6.99. The SMILES string of the molecule is CS(=O)(=O)c1ccc2c(c1)CCCC(=O)N2. The Kier molecular flexibility index (Phi) is 2.71. The van der Waals surface area contributed by atoms with E-state index in [1.165, 1.54) is 12.3 Å². The number of amides is 1. The molecule has 0 spiro atoms. The van der Waals surface area contributed by atoms with Crippen molar-refractivity contribution in [3.63, 3.8) is 0 Å². The van der Waals surface area contributed by atoms with Gasteiger partial charge in [-0.15, -0.1) is 0 Å². The first-order valence-electron chi connectivity index (χ1n) is 5.09. The van der Waals surface area contributed by atoms with Crippen molar-refractivity contribution in [3.05, 3.63) is 23.8 Å². The van der Waals surface area contributed by atoms with Crippen molar-refractivity contribution in [2.24, 2.45) is 0 Å². The minimum Gasteiger partial charge on any atom is -0.326 e. The van der Waals surface area contributed by atoms with Crippen LogP contribution in [0.3, 0.4) is 0 Å². The zero-order valence-electron chi connectivity index (χ0n) is 8.99. The lowest BCUT2D eigenvalue weighted by atomic mass is 10.1. The zero-order valence-corrected chi connectivity index (χ0v) is 9.80. The van der Waals surface area contributed by atoms with E-state index in [-0.39, 0.29) is 5.91 Å². The van der Waals surface area contributed by atoms with Crippen LogP contribution in [0, 0.1) is 0 Å². The van der Waals surface area contributed by atoms with E-state index in [1.807, 2.05) is 0 Å². The third kappa shape index (κ3) is 2.24. The fourth-order valence-electron chi connectivity index (χ4n) is 1.78. The molecule has 16 heavy (non-hydrogen) atoms. The van der Waals surface area contributed by atoms with Gasteiger partial charge < -0.3 is 5.32 Å². The zero-order chi connectivity index (χ0) is 11.8. The summed E-state index contributed by atoms with van der Waals surface area (Å²) < 4.78 is 22.8. The Morgan fingerprint density at radius 3 is 2.69 bits per heavy atom. The van der Waals surface area contributed by atoms with Crippen LogP contribution in [0.15, 0.2) is 23.1 Å². The second kappa shape index (κ2) is 3.90. The number of rotatable bonds is 1. The second-order valence-electron chi connectivity index (χ2n) is 3.99. The van der Waals surface area contributed by atoms with Crippen molar-refractivity contribution >= 4 is 21.4 Å². The summed E-state index contributed by atoms with van der Waals surface area (Å²) in [5.74, 6) is -0.00847. The largest absolute Gasteiger partial charge is 0.326 e. The van der Waals surface area contributed by atoms with Crippen LogP contribution in [0.5, 0.6) is 0 Å². The first kappa shape index (κ1) is 11.1. The first-order chi connectivity index (χ1) is 7.47. The number of fused-ring (bicyclic) bond motifs is 1. The molecule has 0 unspecified atom stereocenters. The molecule has 0 atom stereocenters. The van der Waals surface area contributed by atoms with Crippen LogP contribution in [0.1, 0.15) is 18.4 Å². The van der Waals surface area contributed by atoms with Gasteiger partial charge in [0, 0.05) is 18.4 Å². The molecule has 1 N–H and O–H groups in total. The Morgan fingerprint density at radius 2 is 2.00 bits per heavy atom. The molecular formula is C11H13NO3S. The van der Waals surface area contributed by atoms with E-state index in [1.54, 1.807) is 12.1 Å². The van der Waals surface area contributed by atoms with Gasteiger partial charge in [-0.05, 0) is 36.6 Å². The molecule has 0 aliphatic carbocycles. The maximum Gasteiger partial charge on any atom is 0.224 e. The number of sulfone groups is 1. The van der Waals surface area contributed by atoms with E-state index in [9.17, 15) is 13.2 Å². The van der Waals surface area contributed by atoms with Crippen molar-refractivity contribution in [2.45, 2.75) is 24.2 Å². The Balaban J connectivity index is 2.47. The van der Waals surface area contributed by atoms with Gasteiger partial charge in [0.1, 0.15) is 0 Å². The maximum absolute atomic E-state index is 11.4. The van der Waals surface area contributed by atoms with Gasteiger partial charge in [-0.1, -0.05) is 0 Å². The lowest BCUT2D eigenvalue weighted by Crippen LogP contribution is -2.09. The molecule has 4 nitrogen and oxygen atoms in total. The Bertz CT molecular complexity index is 534. The molecule has 0 radical (unpaired) electrons. The van der Waals surface area contributed by atoms with Crippen LogP contribution < -0.4 is 5.32 Å². The molecule has 0 bridgehead atoms. The van der Waals surface area contributed by atoms with Crippen molar-refractivity contribution in [1.82, 2.24) is 0 Å². The fraction of sp³-hybridized carbons (Fsp3) is 0.364. The average Bonchev–Trinajstić information content (AvgIpc) is 2.35. The average molecular weight is 239 g/mol. The van der Waals surface area contributed by atoms with Crippen LogP contribution in [0.4, 0.5) is 5.69 Å². The number of hydrogen-bond acceptors (Lipinski definition) is 3. The van der Waals surface area contributed by atoms with E-state index >= 15 is 0 Å². The lowest BCUT2D eigenvalue weighted by Gasteiger charge is -2.08. The van der Waals surface area contributed by atoms with Crippen molar-refractivity contribution in [3.8, 4) is 0 Å². The summed E-state index contributed by atoms with van der Waals surface area (Å²) in [4.78, 5) is 11.6. The van der Waals surface area contributed by atoms with Gasteiger partial charge in [-0.25, -0.2) is 8.42 Å². The van der Waals surface area contributed by atoms with Crippen molar-refractivity contribution in [1.29, 1.82) is 0 Å². The maximum atomic E-state index is 11.4. The number of hydrogen-bond donors (Lipinski definition) is 1. The molecule has 0 aromatic heterocycles. The fourth-order valence-corrected chi connectivity index (χ4v) is 2.45. The summed E-state index contributed by atoms with van der Waals surface area (Å²) in [6, 6.07) is 4.84. The predicted octanol–water partition coefficient (Wildman–Crippen LogP) is 1.36. The molecule has 1 aliphatic rings. The van der Waals surface area contributed by atoms with Gasteiger partial charge in [0.2, 0.25) is 5.91 Å². The van der Waals surface area contributed by atoms with Gasteiger partial charge in [0.25, 0.3) is 0 Å². The highest BCUT2D eigenvalue weighted by atomic mass is 32.2. The predicted molar refractivity (Wildman–Crippen MR) is 61.1 cm³/mol. The summed E-state index contributed by atoms with van der Waals surface area (Å²) in [6.45, 7) is 0. The van der Waals surface area contributed by atoms with Gasteiger partial charge in [-0.2, -0.15) is 0 Å². The van der Waals surface area contributed by atoms with E-state index in [0.717, 1.165) is 24.1 Å². The minimum atomic E-state index is -3.17. The molecule has 0 saturated heterocycles. The highest BCUT2D eigenvalue weighted by Crippen LogP contribution is 2.24. The van der Waals surface area contributed by atoms with Gasteiger partial charge >= 0.3 is 0 Å². The highest BCUT2D eigenvalue weighted by Gasteiger charge is 2.15. The summed E-state index contributed by atoms with van der Waals surface area (Å²) in [5.41, 5.74) is 1.63. The molecule has 1 heterocycles. The van der Waals surface area contributed by atoms with Crippen molar-refractivity contribution in [2.75, 3.05) is 11.6 Å². The number of carbonyl (C=O) groups excluding carboxylic acids is 1. The molecule has 5 heteroatoms. The number of anilines is 1. The third-order valence-electron chi connectivity index (χ3n) is 2.63. The van der Waals surface area contributed by atoms with E-state index < -0.39 is 9.84 Å². The summed E-state index contributed by atoms with van der Waals surface area (Å²) >= 11 is 0. The minimum absolute atomic E-state index is 0.00847. The molecule has 2 rings (SSSR count).